The molecule has 0 spiro atoms. The van der Waals surface area contributed by atoms with Crippen LogP contribution in [0, 0.1) is 0 Å². The highest BCUT2D eigenvalue weighted by Gasteiger charge is 2.44. The first-order valence-electron chi connectivity index (χ1n) is 8.20. The zero-order chi connectivity index (χ0) is 15.7. The summed E-state index contributed by atoms with van der Waals surface area (Å²) in [5.74, 6) is 0. The summed E-state index contributed by atoms with van der Waals surface area (Å²) in [6.07, 6.45) is 2.05. The van der Waals surface area contributed by atoms with Crippen molar-refractivity contribution in [3.8, 4) is 0 Å². The predicted molar refractivity (Wildman–Crippen MR) is 86.6 cm³/mol. The van der Waals surface area contributed by atoms with E-state index >= 15 is 0 Å². The van der Waals surface area contributed by atoms with Crippen molar-refractivity contribution >= 4 is 6.09 Å². The van der Waals surface area contributed by atoms with E-state index < -0.39 is 5.60 Å². The number of amides is 1. The number of benzene rings is 1. The van der Waals surface area contributed by atoms with Crippen LogP contribution in [0.2, 0.25) is 0 Å². The minimum absolute atomic E-state index is 0.139. The Kier molecular flexibility index (Phi) is 4.13. The lowest BCUT2D eigenvalue weighted by Gasteiger charge is -2.41. The molecular weight excluding hydrogens is 276 g/mol. The molecule has 0 aromatic heterocycles. The third kappa shape index (κ3) is 3.43. The normalized spacial score (nSPS) is 25.3. The van der Waals surface area contributed by atoms with Crippen LogP contribution < -0.4 is 0 Å². The third-order valence-corrected chi connectivity index (χ3v) is 4.41. The van der Waals surface area contributed by atoms with Crippen molar-refractivity contribution in [3.05, 3.63) is 35.9 Å². The molecule has 1 unspecified atom stereocenters. The van der Waals surface area contributed by atoms with Crippen LogP contribution in [0.5, 0.6) is 0 Å². The third-order valence-electron chi connectivity index (χ3n) is 4.41. The fourth-order valence-electron chi connectivity index (χ4n) is 3.57. The van der Waals surface area contributed by atoms with E-state index in [0.717, 1.165) is 32.5 Å². The van der Waals surface area contributed by atoms with Crippen molar-refractivity contribution in [2.24, 2.45) is 0 Å². The molecule has 0 N–H and O–H groups in total. The van der Waals surface area contributed by atoms with Crippen LogP contribution in [0.4, 0.5) is 4.79 Å². The minimum Gasteiger partial charge on any atom is -0.444 e. The van der Waals surface area contributed by atoms with Crippen molar-refractivity contribution < 1.29 is 9.53 Å². The number of hydrogen-bond donors (Lipinski definition) is 0. The Hall–Kier alpha value is -1.55. The number of piperazine rings is 1. The molecule has 1 aromatic rings. The van der Waals surface area contributed by atoms with E-state index in [0.29, 0.717) is 12.1 Å². The van der Waals surface area contributed by atoms with Gasteiger partial charge in [-0.25, -0.2) is 4.79 Å². The molecule has 1 amide bonds. The molecule has 2 saturated heterocycles. The average molecular weight is 302 g/mol. The molecule has 2 fully saturated rings. The Balaban J connectivity index is 1.63. The Bertz CT molecular complexity index is 510. The topological polar surface area (TPSA) is 32.8 Å². The zero-order valence-corrected chi connectivity index (χ0v) is 13.8. The molecule has 22 heavy (non-hydrogen) atoms. The molecule has 1 aromatic carbocycles. The highest BCUT2D eigenvalue weighted by molar-refractivity contribution is 5.69. The van der Waals surface area contributed by atoms with Crippen molar-refractivity contribution in [2.75, 3.05) is 13.1 Å². The molecule has 4 heteroatoms. The second kappa shape index (κ2) is 5.92. The van der Waals surface area contributed by atoms with Gasteiger partial charge in [0.25, 0.3) is 0 Å². The van der Waals surface area contributed by atoms with Gasteiger partial charge in [-0.15, -0.1) is 0 Å². The Morgan fingerprint density at radius 1 is 1.14 bits per heavy atom. The van der Waals surface area contributed by atoms with Crippen LogP contribution in [0.15, 0.2) is 30.3 Å². The summed E-state index contributed by atoms with van der Waals surface area (Å²) in [6, 6.07) is 11.2. The lowest BCUT2D eigenvalue weighted by molar-refractivity contribution is -0.00541. The van der Waals surface area contributed by atoms with E-state index in [1.807, 2.05) is 31.7 Å². The SMILES string of the molecule is CC(C)(C)OC(=O)N1C2CC[C@H]1CN(Cc1ccccc1)C2. The number of likely N-dealkylation sites (tertiary alicyclic amines) is 1. The molecule has 2 heterocycles. The van der Waals surface area contributed by atoms with Gasteiger partial charge in [-0.05, 0) is 39.2 Å². The number of nitrogens with zero attached hydrogens (tertiary/aromatic N) is 2. The number of hydrogen-bond acceptors (Lipinski definition) is 3. The average Bonchev–Trinajstić information content (AvgIpc) is 2.70. The number of rotatable bonds is 2. The summed E-state index contributed by atoms with van der Waals surface area (Å²) in [5, 5.41) is 0. The van der Waals surface area contributed by atoms with Gasteiger partial charge in [0.1, 0.15) is 5.60 Å². The number of ether oxygens (including phenoxy) is 1. The monoisotopic (exact) mass is 302 g/mol. The maximum absolute atomic E-state index is 12.4. The first-order valence-corrected chi connectivity index (χ1v) is 8.20. The highest BCUT2D eigenvalue weighted by Crippen LogP contribution is 2.32. The molecule has 0 radical (unpaired) electrons. The number of carbonyl (C=O) groups excluding carboxylic acids is 1. The van der Waals surface area contributed by atoms with E-state index in [1.165, 1.54) is 5.56 Å². The second-order valence-electron chi connectivity index (χ2n) is 7.45. The van der Waals surface area contributed by atoms with E-state index in [4.69, 9.17) is 4.74 Å². The molecule has 3 rings (SSSR count). The van der Waals surface area contributed by atoms with Crippen molar-refractivity contribution in [1.29, 1.82) is 0 Å². The minimum atomic E-state index is -0.419. The molecular formula is C18H26N2O2. The lowest BCUT2D eigenvalue weighted by Crippen LogP contribution is -2.56. The highest BCUT2D eigenvalue weighted by atomic mass is 16.6. The van der Waals surface area contributed by atoms with E-state index in [2.05, 4.69) is 29.2 Å². The van der Waals surface area contributed by atoms with Crippen LogP contribution >= 0.6 is 0 Å². The first kappa shape index (κ1) is 15.3. The Morgan fingerprint density at radius 3 is 2.27 bits per heavy atom. The van der Waals surface area contributed by atoms with Crippen molar-refractivity contribution in [1.82, 2.24) is 9.80 Å². The maximum Gasteiger partial charge on any atom is 0.410 e. The zero-order valence-electron chi connectivity index (χ0n) is 13.8. The summed E-state index contributed by atoms with van der Waals surface area (Å²) in [7, 11) is 0. The molecule has 120 valence electrons. The van der Waals surface area contributed by atoms with Gasteiger partial charge in [0.2, 0.25) is 0 Å². The molecule has 0 aliphatic carbocycles. The van der Waals surface area contributed by atoms with Gasteiger partial charge in [-0.2, -0.15) is 0 Å². The van der Waals surface area contributed by atoms with Crippen LogP contribution in [-0.4, -0.2) is 46.7 Å². The largest absolute Gasteiger partial charge is 0.444 e. The summed E-state index contributed by atoms with van der Waals surface area (Å²) in [6.45, 7) is 8.65. The molecule has 2 bridgehead atoms. The first-order chi connectivity index (χ1) is 10.4. The van der Waals surface area contributed by atoms with Gasteiger partial charge in [-0.1, -0.05) is 30.3 Å². The van der Waals surface area contributed by atoms with Crippen molar-refractivity contribution in [2.45, 2.75) is 57.8 Å². The quantitative estimate of drug-likeness (QED) is 0.840. The fraction of sp³-hybridized carbons (Fsp3) is 0.611. The Morgan fingerprint density at radius 2 is 1.73 bits per heavy atom. The van der Waals surface area contributed by atoms with Crippen LogP contribution in [0.3, 0.4) is 0 Å². The molecule has 2 aliphatic heterocycles. The fourth-order valence-corrected chi connectivity index (χ4v) is 3.57. The van der Waals surface area contributed by atoms with Gasteiger partial charge >= 0.3 is 6.09 Å². The van der Waals surface area contributed by atoms with Gasteiger partial charge in [-0.3, -0.25) is 9.80 Å². The van der Waals surface area contributed by atoms with Gasteiger partial charge < -0.3 is 4.74 Å². The van der Waals surface area contributed by atoms with Gasteiger partial charge in [0.15, 0.2) is 0 Å². The molecule has 2 aliphatic rings. The van der Waals surface area contributed by atoms with E-state index in [9.17, 15) is 4.79 Å². The number of fused-ring (bicyclic) bond motifs is 2. The summed E-state index contributed by atoms with van der Waals surface area (Å²) < 4.78 is 5.58. The van der Waals surface area contributed by atoms with Crippen molar-refractivity contribution in [3.63, 3.8) is 0 Å². The smallest absolute Gasteiger partial charge is 0.410 e. The molecule has 2 atom stereocenters. The summed E-state index contributed by atoms with van der Waals surface area (Å²) in [4.78, 5) is 16.9. The van der Waals surface area contributed by atoms with Crippen LogP contribution in [0.25, 0.3) is 0 Å². The standard InChI is InChI=1S/C18H26N2O2/c1-18(2,3)22-17(21)20-15-9-10-16(20)13-19(12-15)11-14-7-5-4-6-8-14/h4-8,15-16H,9-13H2,1-3H3/t15-,16?/m0/s1. The van der Waals surface area contributed by atoms with E-state index in [-0.39, 0.29) is 6.09 Å². The van der Waals surface area contributed by atoms with Crippen LogP contribution in [0.1, 0.15) is 39.2 Å². The van der Waals surface area contributed by atoms with Crippen LogP contribution in [-0.2, 0) is 11.3 Å². The second-order valence-corrected chi connectivity index (χ2v) is 7.45. The van der Waals surface area contributed by atoms with Gasteiger partial charge in [0, 0.05) is 31.7 Å². The summed E-state index contributed by atoms with van der Waals surface area (Å²) >= 11 is 0. The lowest BCUT2D eigenvalue weighted by atomic mass is 10.1. The Labute approximate surface area is 133 Å². The predicted octanol–water partition coefficient (Wildman–Crippen LogP) is 3.27. The van der Waals surface area contributed by atoms with E-state index in [1.54, 1.807) is 0 Å². The number of carbonyl (C=O) groups is 1. The van der Waals surface area contributed by atoms with Gasteiger partial charge in [0.05, 0.1) is 0 Å². The molecule has 0 saturated carbocycles. The maximum atomic E-state index is 12.4. The summed E-state index contributed by atoms with van der Waals surface area (Å²) in [5.41, 5.74) is 0.921. The molecule has 4 nitrogen and oxygen atoms in total.